The third-order valence-corrected chi connectivity index (χ3v) is 3.94. The van der Waals surface area contributed by atoms with Crippen LogP contribution in [0.2, 0.25) is 0 Å². The number of ether oxygens (including phenoxy) is 4. The molecule has 8 heteroatoms. The summed E-state index contributed by atoms with van der Waals surface area (Å²) in [5.41, 5.74) is 0. The van der Waals surface area contributed by atoms with Crippen molar-refractivity contribution in [3.05, 3.63) is 0 Å². The summed E-state index contributed by atoms with van der Waals surface area (Å²) in [5.74, 6) is 0.780. The van der Waals surface area contributed by atoms with Crippen molar-refractivity contribution in [3.8, 4) is 0 Å². The van der Waals surface area contributed by atoms with Gasteiger partial charge in [-0.25, -0.2) is 0 Å². The van der Waals surface area contributed by atoms with E-state index >= 15 is 0 Å². The predicted octanol–water partition coefficient (Wildman–Crippen LogP) is 2.40. The molecular formula is C16H31ClINO5. The number of nitrogens with one attached hydrogen (secondary N) is 1. The highest BCUT2D eigenvalue weighted by Crippen LogP contribution is 2.00. The molecule has 0 aromatic carbocycles. The van der Waals surface area contributed by atoms with Crippen molar-refractivity contribution in [2.24, 2.45) is 0 Å². The molecule has 0 bridgehead atoms. The quantitative estimate of drug-likeness (QED) is 0.175. The summed E-state index contributed by atoms with van der Waals surface area (Å²) >= 11 is 7.63. The van der Waals surface area contributed by atoms with E-state index in [2.05, 4.69) is 5.32 Å². The van der Waals surface area contributed by atoms with Crippen molar-refractivity contribution in [3.63, 3.8) is 0 Å². The van der Waals surface area contributed by atoms with Crippen LogP contribution in [0.25, 0.3) is 0 Å². The first kappa shape index (κ1) is 24.3. The van der Waals surface area contributed by atoms with E-state index in [1.807, 2.05) is 22.6 Å². The zero-order chi connectivity index (χ0) is 17.7. The van der Waals surface area contributed by atoms with Gasteiger partial charge in [-0.2, -0.15) is 0 Å². The molecule has 0 saturated heterocycles. The highest BCUT2D eigenvalue weighted by atomic mass is 127. The van der Waals surface area contributed by atoms with Gasteiger partial charge in [-0.05, 0) is 12.8 Å². The van der Waals surface area contributed by atoms with Crippen molar-refractivity contribution in [2.45, 2.75) is 25.7 Å². The van der Waals surface area contributed by atoms with E-state index in [0.717, 1.165) is 25.3 Å². The minimum atomic E-state index is 0.0305. The molecule has 0 rings (SSSR count). The van der Waals surface area contributed by atoms with Crippen molar-refractivity contribution in [2.75, 3.05) is 69.7 Å². The Morgan fingerprint density at radius 1 is 0.750 bits per heavy atom. The third kappa shape index (κ3) is 20.4. The second-order valence-electron chi connectivity index (χ2n) is 5.04. The van der Waals surface area contributed by atoms with Gasteiger partial charge in [0.2, 0.25) is 5.91 Å². The second kappa shape index (κ2) is 21.4. The molecule has 0 unspecified atom stereocenters. The molecule has 0 saturated carbocycles. The molecule has 0 aliphatic carbocycles. The van der Waals surface area contributed by atoms with Gasteiger partial charge in [0.25, 0.3) is 0 Å². The van der Waals surface area contributed by atoms with E-state index in [1.54, 1.807) is 0 Å². The van der Waals surface area contributed by atoms with Gasteiger partial charge in [0.1, 0.15) is 0 Å². The maximum absolute atomic E-state index is 11.0. The van der Waals surface area contributed by atoms with E-state index in [4.69, 9.17) is 30.5 Å². The first-order chi connectivity index (χ1) is 11.8. The molecule has 0 spiro atoms. The Morgan fingerprint density at radius 2 is 1.25 bits per heavy atom. The fraction of sp³-hybridized carbons (Fsp3) is 0.938. The third-order valence-electron chi connectivity index (χ3n) is 2.98. The summed E-state index contributed by atoms with van der Waals surface area (Å²) in [6.07, 6.45) is 4.53. The first-order valence-corrected chi connectivity index (χ1v) is 10.6. The smallest absolute Gasteiger partial charge is 0.229 e. The fourth-order valence-corrected chi connectivity index (χ4v) is 2.18. The Morgan fingerprint density at radius 3 is 1.79 bits per heavy atom. The fourth-order valence-electron chi connectivity index (χ4n) is 1.72. The molecule has 144 valence electrons. The number of alkyl halides is 2. The SMILES string of the molecule is O=C(CI)NCCOCCOCCOCCOCCCCCCCl. The first-order valence-electron chi connectivity index (χ1n) is 8.51. The van der Waals surface area contributed by atoms with E-state index in [0.29, 0.717) is 57.2 Å². The molecule has 0 atom stereocenters. The molecule has 0 fully saturated rings. The molecule has 0 aliphatic heterocycles. The zero-order valence-electron chi connectivity index (χ0n) is 14.4. The van der Waals surface area contributed by atoms with Crippen LogP contribution in [0.15, 0.2) is 0 Å². The van der Waals surface area contributed by atoms with Crippen LogP contribution >= 0.6 is 34.2 Å². The van der Waals surface area contributed by atoms with E-state index in [9.17, 15) is 4.79 Å². The maximum Gasteiger partial charge on any atom is 0.229 e. The Bertz CT molecular complexity index is 275. The number of carbonyl (C=O) groups is 1. The van der Waals surface area contributed by atoms with Gasteiger partial charge in [-0.1, -0.05) is 35.4 Å². The molecule has 1 amide bonds. The zero-order valence-corrected chi connectivity index (χ0v) is 17.3. The lowest BCUT2D eigenvalue weighted by Crippen LogP contribution is -2.28. The molecule has 6 nitrogen and oxygen atoms in total. The van der Waals surface area contributed by atoms with E-state index in [-0.39, 0.29) is 5.91 Å². The minimum Gasteiger partial charge on any atom is -0.379 e. The number of rotatable bonds is 19. The molecular weight excluding hydrogens is 449 g/mol. The van der Waals surface area contributed by atoms with Crippen molar-refractivity contribution >= 4 is 40.1 Å². The lowest BCUT2D eigenvalue weighted by atomic mass is 10.2. The minimum absolute atomic E-state index is 0.0305. The van der Waals surface area contributed by atoms with Gasteiger partial charge in [-0.15, -0.1) is 11.6 Å². The Labute approximate surface area is 164 Å². The summed E-state index contributed by atoms with van der Waals surface area (Å²) in [6, 6.07) is 0. The molecule has 0 aromatic rings. The summed E-state index contributed by atoms with van der Waals surface area (Å²) < 4.78 is 22.1. The summed E-state index contributed by atoms with van der Waals surface area (Å²) in [5, 5.41) is 2.74. The normalized spacial score (nSPS) is 10.9. The lowest BCUT2D eigenvalue weighted by molar-refractivity contribution is -0.118. The Hall–Kier alpha value is 0.330. The van der Waals surface area contributed by atoms with E-state index in [1.165, 1.54) is 12.8 Å². The van der Waals surface area contributed by atoms with Crippen LogP contribution in [0, 0.1) is 0 Å². The number of carbonyl (C=O) groups excluding carboxylic acids is 1. The number of hydrogen-bond acceptors (Lipinski definition) is 5. The van der Waals surface area contributed by atoms with Gasteiger partial charge in [0.15, 0.2) is 0 Å². The second-order valence-corrected chi connectivity index (χ2v) is 6.18. The Kier molecular flexibility index (Phi) is 21.7. The number of halogens is 2. The molecule has 0 aromatic heterocycles. The van der Waals surface area contributed by atoms with Gasteiger partial charge >= 0.3 is 0 Å². The molecule has 1 N–H and O–H groups in total. The highest BCUT2D eigenvalue weighted by Gasteiger charge is 1.96. The summed E-state index contributed by atoms with van der Waals surface area (Å²) in [6.45, 7) is 5.22. The van der Waals surface area contributed by atoms with Crippen LogP contribution in [0.1, 0.15) is 25.7 Å². The lowest BCUT2D eigenvalue weighted by Gasteiger charge is -2.08. The average Bonchev–Trinajstić information content (AvgIpc) is 2.60. The van der Waals surface area contributed by atoms with E-state index < -0.39 is 0 Å². The standard InChI is InChI=1S/C16H31ClINO5/c17-5-3-1-2-4-7-21-9-11-23-13-14-24-12-10-22-8-6-19-16(20)15-18/h1-15H2,(H,19,20). The van der Waals surface area contributed by atoms with Gasteiger partial charge < -0.3 is 24.3 Å². The molecule has 24 heavy (non-hydrogen) atoms. The number of amides is 1. The van der Waals surface area contributed by atoms with Crippen LogP contribution < -0.4 is 5.32 Å². The van der Waals surface area contributed by atoms with Crippen molar-refractivity contribution < 1.29 is 23.7 Å². The van der Waals surface area contributed by atoms with Gasteiger partial charge in [-0.3, -0.25) is 4.79 Å². The van der Waals surface area contributed by atoms with Crippen LogP contribution in [-0.4, -0.2) is 75.6 Å². The topological polar surface area (TPSA) is 66.0 Å². The summed E-state index contributed by atoms with van der Waals surface area (Å²) in [4.78, 5) is 11.0. The largest absolute Gasteiger partial charge is 0.379 e. The monoisotopic (exact) mass is 479 g/mol. The van der Waals surface area contributed by atoms with Gasteiger partial charge in [0.05, 0.1) is 50.7 Å². The molecule has 0 aliphatic rings. The summed E-state index contributed by atoms with van der Waals surface area (Å²) in [7, 11) is 0. The molecule has 0 radical (unpaired) electrons. The Balaban J connectivity index is 2.99. The number of hydrogen-bond donors (Lipinski definition) is 1. The van der Waals surface area contributed by atoms with Crippen molar-refractivity contribution in [1.29, 1.82) is 0 Å². The predicted molar refractivity (Wildman–Crippen MR) is 104 cm³/mol. The average molecular weight is 480 g/mol. The maximum atomic E-state index is 11.0. The highest BCUT2D eigenvalue weighted by molar-refractivity contribution is 14.1. The van der Waals surface area contributed by atoms with Crippen LogP contribution in [0.4, 0.5) is 0 Å². The van der Waals surface area contributed by atoms with Gasteiger partial charge in [0, 0.05) is 19.0 Å². The van der Waals surface area contributed by atoms with Crippen molar-refractivity contribution in [1.82, 2.24) is 5.32 Å². The number of unbranched alkanes of at least 4 members (excludes halogenated alkanes) is 3. The van der Waals surface area contributed by atoms with Crippen LogP contribution in [0.5, 0.6) is 0 Å². The van der Waals surface area contributed by atoms with Crippen LogP contribution in [-0.2, 0) is 23.7 Å². The van der Waals surface area contributed by atoms with Crippen LogP contribution in [0.3, 0.4) is 0 Å². The molecule has 0 heterocycles.